The Kier molecular flexibility index (Phi) is 7.00. The zero-order chi connectivity index (χ0) is 20.5. The van der Waals surface area contributed by atoms with Crippen LogP contribution in [0.3, 0.4) is 0 Å². The first kappa shape index (κ1) is 20.1. The van der Waals surface area contributed by atoms with Crippen LogP contribution in [0.5, 0.6) is 11.5 Å². The molecule has 5 nitrogen and oxygen atoms in total. The first-order chi connectivity index (χ1) is 14.2. The standard InChI is InChI=1S/C24H22O5/c1-2-16-27-23(25)20-14-9-15-22(21(20)17-18-10-5-3-6-11-18)29-24(26)28-19-12-7-4-8-13-19/h3-15H,2,16-17H2,1H3. The number of hydrogen-bond acceptors (Lipinski definition) is 5. The van der Waals surface area contributed by atoms with Gasteiger partial charge >= 0.3 is 12.1 Å². The summed E-state index contributed by atoms with van der Waals surface area (Å²) in [6.45, 7) is 2.25. The number of benzene rings is 3. The van der Waals surface area contributed by atoms with Gasteiger partial charge < -0.3 is 14.2 Å². The number of ether oxygens (including phenoxy) is 3. The van der Waals surface area contributed by atoms with E-state index in [4.69, 9.17) is 14.2 Å². The Balaban J connectivity index is 1.88. The van der Waals surface area contributed by atoms with Crippen LogP contribution in [0, 0.1) is 0 Å². The van der Waals surface area contributed by atoms with Crippen molar-refractivity contribution < 1.29 is 23.8 Å². The summed E-state index contributed by atoms with van der Waals surface area (Å²) in [4.78, 5) is 24.8. The Bertz CT molecular complexity index is 952. The van der Waals surface area contributed by atoms with Gasteiger partial charge in [-0.2, -0.15) is 0 Å². The van der Waals surface area contributed by atoms with Crippen molar-refractivity contribution in [2.24, 2.45) is 0 Å². The number of rotatable bonds is 7. The van der Waals surface area contributed by atoms with E-state index in [0.29, 0.717) is 29.9 Å². The highest BCUT2D eigenvalue weighted by molar-refractivity contribution is 5.92. The van der Waals surface area contributed by atoms with Crippen LogP contribution in [-0.2, 0) is 11.2 Å². The molecule has 0 fully saturated rings. The van der Waals surface area contributed by atoms with Gasteiger partial charge in [-0.1, -0.05) is 61.5 Å². The van der Waals surface area contributed by atoms with Gasteiger partial charge in [-0.15, -0.1) is 0 Å². The fourth-order valence-electron chi connectivity index (χ4n) is 2.80. The topological polar surface area (TPSA) is 61.8 Å². The maximum Gasteiger partial charge on any atom is 0.519 e. The summed E-state index contributed by atoms with van der Waals surface area (Å²) in [7, 11) is 0. The molecule has 29 heavy (non-hydrogen) atoms. The van der Waals surface area contributed by atoms with Gasteiger partial charge in [0.25, 0.3) is 0 Å². The maximum absolute atomic E-state index is 12.5. The summed E-state index contributed by atoms with van der Waals surface area (Å²) in [6, 6.07) is 23.3. The smallest absolute Gasteiger partial charge is 0.462 e. The van der Waals surface area contributed by atoms with Gasteiger partial charge in [-0.25, -0.2) is 9.59 Å². The van der Waals surface area contributed by atoms with E-state index in [1.165, 1.54) is 0 Å². The zero-order valence-electron chi connectivity index (χ0n) is 16.2. The van der Waals surface area contributed by atoms with E-state index in [2.05, 4.69) is 0 Å². The third kappa shape index (κ3) is 5.69. The molecule has 5 heteroatoms. The second-order valence-corrected chi connectivity index (χ2v) is 6.35. The Morgan fingerprint density at radius 2 is 1.48 bits per heavy atom. The molecule has 0 atom stereocenters. The summed E-state index contributed by atoms with van der Waals surface area (Å²) in [5.41, 5.74) is 1.92. The van der Waals surface area contributed by atoms with Crippen LogP contribution < -0.4 is 9.47 Å². The number of carbonyl (C=O) groups excluding carboxylic acids is 2. The van der Waals surface area contributed by atoms with Crippen molar-refractivity contribution in [1.29, 1.82) is 0 Å². The largest absolute Gasteiger partial charge is 0.519 e. The van der Waals surface area contributed by atoms with Crippen molar-refractivity contribution in [1.82, 2.24) is 0 Å². The summed E-state index contributed by atoms with van der Waals surface area (Å²) < 4.78 is 16.0. The Hall–Kier alpha value is -3.60. The second kappa shape index (κ2) is 10.1. The summed E-state index contributed by atoms with van der Waals surface area (Å²) >= 11 is 0. The molecule has 0 saturated carbocycles. The summed E-state index contributed by atoms with van der Waals surface area (Å²) in [5.74, 6) is 0.195. The lowest BCUT2D eigenvalue weighted by Crippen LogP contribution is -2.17. The van der Waals surface area contributed by atoms with Crippen LogP contribution in [0.2, 0.25) is 0 Å². The molecule has 0 amide bonds. The molecule has 0 unspecified atom stereocenters. The number of para-hydroxylation sites is 1. The molecule has 3 aromatic rings. The maximum atomic E-state index is 12.5. The average Bonchev–Trinajstić information content (AvgIpc) is 2.74. The Labute approximate surface area is 169 Å². The molecule has 0 N–H and O–H groups in total. The predicted molar refractivity (Wildman–Crippen MR) is 109 cm³/mol. The van der Waals surface area contributed by atoms with Gasteiger partial charge in [0, 0.05) is 12.0 Å². The summed E-state index contributed by atoms with van der Waals surface area (Å²) in [6.07, 6.45) is 0.260. The van der Waals surface area contributed by atoms with E-state index in [-0.39, 0.29) is 5.75 Å². The molecule has 0 saturated heterocycles. The van der Waals surface area contributed by atoms with E-state index in [1.54, 1.807) is 42.5 Å². The van der Waals surface area contributed by atoms with Crippen molar-refractivity contribution in [2.75, 3.05) is 6.61 Å². The number of hydrogen-bond donors (Lipinski definition) is 0. The monoisotopic (exact) mass is 390 g/mol. The average molecular weight is 390 g/mol. The lowest BCUT2D eigenvalue weighted by Gasteiger charge is -2.14. The minimum absolute atomic E-state index is 0.265. The molecule has 3 aromatic carbocycles. The molecular weight excluding hydrogens is 368 g/mol. The predicted octanol–water partition coefficient (Wildman–Crippen LogP) is 5.42. The molecule has 0 bridgehead atoms. The van der Waals surface area contributed by atoms with Crippen molar-refractivity contribution in [2.45, 2.75) is 19.8 Å². The van der Waals surface area contributed by atoms with Gasteiger partial charge in [0.15, 0.2) is 0 Å². The van der Waals surface area contributed by atoms with Crippen LogP contribution in [0.25, 0.3) is 0 Å². The van der Waals surface area contributed by atoms with Crippen LogP contribution in [0.1, 0.15) is 34.8 Å². The molecule has 0 aliphatic carbocycles. The molecule has 0 aliphatic heterocycles. The zero-order valence-corrected chi connectivity index (χ0v) is 16.2. The van der Waals surface area contributed by atoms with Crippen LogP contribution >= 0.6 is 0 Å². The van der Waals surface area contributed by atoms with Gasteiger partial charge in [-0.05, 0) is 36.2 Å². The van der Waals surface area contributed by atoms with Crippen molar-refractivity contribution in [3.05, 3.63) is 95.6 Å². The normalized spacial score (nSPS) is 10.2. The second-order valence-electron chi connectivity index (χ2n) is 6.35. The number of esters is 1. The van der Waals surface area contributed by atoms with E-state index >= 15 is 0 Å². The third-order valence-corrected chi connectivity index (χ3v) is 4.15. The van der Waals surface area contributed by atoms with Gasteiger partial charge in [0.1, 0.15) is 11.5 Å². The van der Waals surface area contributed by atoms with Crippen LogP contribution in [0.15, 0.2) is 78.9 Å². The molecule has 0 aliphatic rings. The van der Waals surface area contributed by atoms with Crippen LogP contribution in [-0.4, -0.2) is 18.7 Å². The molecule has 0 heterocycles. The fourth-order valence-corrected chi connectivity index (χ4v) is 2.80. The minimum Gasteiger partial charge on any atom is -0.462 e. The molecule has 0 aromatic heterocycles. The highest BCUT2D eigenvalue weighted by atomic mass is 16.7. The number of carbonyl (C=O) groups is 2. The highest BCUT2D eigenvalue weighted by Crippen LogP contribution is 2.27. The van der Waals surface area contributed by atoms with E-state index in [9.17, 15) is 9.59 Å². The van der Waals surface area contributed by atoms with Gasteiger partial charge in [0.05, 0.1) is 12.2 Å². The quantitative estimate of drug-likeness (QED) is 0.398. The fraction of sp³-hybridized carbons (Fsp3) is 0.167. The Morgan fingerprint density at radius 3 is 2.17 bits per heavy atom. The van der Waals surface area contributed by atoms with Crippen molar-refractivity contribution in [3.63, 3.8) is 0 Å². The lowest BCUT2D eigenvalue weighted by atomic mass is 9.98. The SMILES string of the molecule is CCCOC(=O)c1cccc(OC(=O)Oc2ccccc2)c1Cc1ccccc1. The van der Waals surface area contributed by atoms with Gasteiger partial charge in [0.2, 0.25) is 0 Å². The summed E-state index contributed by atoms with van der Waals surface area (Å²) in [5, 5.41) is 0. The Morgan fingerprint density at radius 1 is 0.793 bits per heavy atom. The van der Waals surface area contributed by atoms with Crippen molar-refractivity contribution >= 4 is 12.1 Å². The van der Waals surface area contributed by atoms with Gasteiger partial charge in [-0.3, -0.25) is 0 Å². The lowest BCUT2D eigenvalue weighted by molar-refractivity contribution is 0.0503. The minimum atomic E-state index is -0.871. The van der Waals surface area contributed by atoms with E-state index in [1.807, 2.05) is 43.3 Å². The van der Waals surface area contributed by atoms with E-state index in [0.717, 1.165) is 12.0 Å². The molecular formula is C24H22O5. The molecule has 0 radical (unpaired) electrons. The molecule has 0 spiro atoms. The third-order valence-electron chi connectivity index (χ3n) is 4.15. The van der Waals surface area contributed by atoms with Crippen LogP contribution in [0.4, 0.5) is 4.79 Å². The van der Waals surface area contributed by atoms with E-state index < -0.39 is 12.1 Å². The molecule has 148 valence electrons. The highest BCUT2D eigenvalue weighted by Gasteiger charge is 2.20. The molecule has 3 rings (SSSR count). The van der Waals surface area contributed by atoms with Crippen molar-refractivity contribution in [3.8, 4) is 11.5 Å². The first-order valence-corrected chi connectivity index (χ1v) is 9.45. The first-order valence-electron chi connectivity index (χ1n) is 9.45.